The third-order valence-corrected chi connectivity index (χ3v) is 10.7. The zero-order chi connectivity index (χ0) is 28.8. The van der Waals surface area contributed by atoms with Crippen LogP contribution < -0.4 is 19.8 Å². The van der Waals surface area contributed by atoms with Crippen LogP contribution in [0.2, 0.25) is 0 Å². The molecule has 1 aromatic heterocycles. The molecule has 0 bridgehead atoms. The predicted octanol–water partition coefficient (Wildman–Crippen LogP) is 5.88. The number of ether oxygens (including phenoxy) is 1. The highest BCUT2D eigenvalue weighted by Gasteiger charge is 2.56. The highest BCUT2D eigenvalue weighted by atomic mass is 79.9. The summed E-state index contributed by atoms with van der Waals surface area (Å²) in [7, 11) is 1.56. The second-order valence-corrected chi connectivity index (χ2v) is 13.4. The molecular weight excluding hydrogens is 694 g/mol. The van der Waals surface area contributed by atoms with Crippen molar-refractivity contribution in [3.05, 3.63) is 102 Å². The molecule has 3 amide bonds. The van der Waals surface area contributed by atoms with E-state index in [-0.39, 0.29) is 29.1 Å². The first-order valence-corrected chi connectivity index (χ1v) is 15.8. The van der Waals surface area contributed by atoms with Gasteiger partial charge in [-0.15, -0.1) is 0 Å². The van der Waals surface area contributed by atoms with Crippen LogP contribution in [0, 0.1) is 5.92 Å². The van der Waals surface area contributed by atoms with E-state index in [0.717, 1.165) is 25.8 Å². The zero-order valence-corrected chi connectivity index (χ0v) is 26.2. The van der Waals surface area contributed by atoms with Crippen molar-refractivity contribution in [2.75, 3.05) is 17.3 Å². The lowest BCUT2D eigenvalue weighted by Gasteiger charge is -2.30. The molecule has 0 saturated carbocycles. The molecule has 3 heterocycles. The number of anilines is 2. The molecule has 0 aliphatic carbocycles. The van der Waals surface area contributed by atoms with Gasteiger partial charge in [0.05, 0.1) is 23.7 Å². The summed E-state index contributed by atoms with van der Waals surface area (Å²) in [4.78, 5) is 55.7. The Morgan fingerprint density at radius 1 is 0.902 bits per heavy atom. The summed E-state index contributed by atoms with van der Waals surface area (Å²) in [5, 5.41) is 2.60. The summed E-state index contributed by atoms with van der Waals surface area (Å²) in [6.45, 7) is -0.229. The number of hydrogen-bond donors (Lipinski definition) is 1. The molecule has 4 aromatic rings. The Bertz CT molecular complexity index is 1720. The Balaban J connectivity index is 1.38. The van der Waals surface area contributed by atoms with Crippen molar-refractivity contribution >= 4 is 84.1 Å². The van der Waals surface area contributed by atoms with E-state index in [9.17, 15) is 19.2 Å². The molecule has 1 saturated heterocycles. The molecule has 41 heavy (non-hydrogen) atoms. The van der Waals surface area contributed by atoms with Gasteiger partial charge in [0.2, 0.25) is 17.7 Å². The van der Waals surface area contributed by atoms with E-state index in [0.29, 0.717) is 27.0 Å². The van der Waals surface area contributed by atoms with Crippen molar-refractivity contribution in [1.29, 1.82) is 0 Å². The van der Waals surface area contributed by atoms with Gasteiger partial charge in [-0.1, -0.05) is 67.1 Å². The molecule has 8 nitrogen and oxygen atoms in total. The van der Waals surface area contributed by atoms with E-state index in [1.165, 1.54) is 21.2 Å². The molecule has 3 unspecified atom stereocenters. The summed E-state index contributed by atoms with van der Waals surface area (Å²) >= 11 is 9.07. The van der Waals surface area contributed by atoms with Crippen molar-refractivity contribution in [1.82, 2.24) is 4.57 Å². The molecule has 2 aliphatic rings. The molecule has 6 rings (SSSR count). The molecule has 2 aliphatic heterocycles. The van der Waals surface area contributed by atoms with Crippen LogP contribution in [0.3, 0.4) is 0 Å². The van der Waals surface area contributed by atoms with E-state index in [1.54, 1.807) is 55.6 Å². The van der Waals surface area contributed by atoms with Gasteiger partial charge in [-0.2, -0.15) is 0 Å². The smallest absolute Gasteiger partial charge is 0.308 e. The van der Waals surface area contributed by atoms with E-state index < -0.39 is 17.1 Å². The van der Waals surface area contributed by atoms with Gasteiger partial charge in [0, 0.05) is 25.4 Å². The van der Waals surface area contributed by atoms with Crippen molar-refractivity contribution < 1.29 is 19.1 Å². The normalized spacial score (nSPS) is 19.6. The van der Waals surface area contributed by atoms with Crippen LogP contribution in [0.1, 0.15) is 16.4 Å². The molecule has 0 spiro atoms. The van der Waals surface area contributed by atoms with E-state index in [4.69, 9.17) is 4.74 Å². The number of carbonyl (C=O) groups is 3. The zero-order valence-electron chi connectivity index (χ0n) is 21.4. The van der Waals surface area contributed by atoms with Gasteiger partial charge in [-0.05, 0) is 66.2 Å². The van der Waals surface area contributed by atoms with E-state index in [1.807, 2.05) is 24.3 Å². The number of benzene rings is 3. The quantitative estimate of drug-likeness (QED) is 0.251. The number of fused-ring (bicyclic) bond motifs is 2. The number of halogens is 2. The number of aromatic nitrogens is 1. The van der Waals surface area contributed by atoms with Gasteiger partial charge >= 0.3 is 4.87 Å². The van der Waals surface area contributed by atoms with Gasteiger partial charge in [0.1, 0.15) is 17.5 Å². The minimum absolute atomic E-state index is 0.229. The van der Waals surface area contributed by atoms with Crippen molar-refractivity contribution in [2.24, 2.45) is 5.92 Å². The third-order valence-electron chi connectivity index (χ3n) is 7.04. The van der Waals surface area contributed by atoms with Gasteiger partial charge in [0.25, 0.3) is 0 Å². The van der Waals surface area contributed by atoms with Gasteiger partial charge < -0.3 is 10.1 Å². The highest BCUT2D eigenvalue weighted by Crippen LogP contribution is 2.54. The Labute approximate surface area is 260 Å². The number of imide groups is 1. The Morgan fingerprint density at radius 2 is 1.54 bits per heavy atom. The standard InChI is InChI=1S/C29H21Br2N3O5S2/c1-39-20-12-8-18(9-13-20)32-21(35)14-33-28-25(41-29(33)38)22(15-2-4-16(30)5-3-15)23-24(40-28)27(37)34(26(23)36)19-10-6-17(31)7-11-19/h2-13,22-24H,14H2,1H3,(H,32,35). The fourth-order valence-electron chi connectivity index (χ4n) is 5.15. The van der Waals surface area contributed by atoms with Gasteiger partial charge in [0.15, 0.2) is 0 Å². The summed E-state index contributed by atoms with van der Waals surface area (Å²) in [6, 6.07) is 21.5. The molecule has 208 valence electrons. The number of amides is 3. The molecule has 0 radical (unpaired) electrons. The largest absolute Gasteiger partial charge is 0.497 e. The molecule has 3 atom stereocenters. The van der Waals surface area contributed by atoms with Gasteiger partial charge in [-0.3, -0.25) is 23.7 Å². The van der Waals surface area contributed by atoms with E-state index in [2.05, 4.69) is 37.2 Å². The van der Waals surface area contributed by atoms with Crippen molar-refractivity contribution in [2.45, 2.75) is 22.7 Å². The molecule has 1 fully saturated rings. The fourth-order valence-corrected chi connectivity index (χ4v) is 8.45. The Morgan fingerprint density at radius 3 is 2.17 bits per heavy atom. The maximum Gasteiger partial charge on any atom is 0.308 e. The fraction of sp³-hybridized carbons (Fsp3) is 0.172. The number of methoxy groups -OCH3 is 1. The lowest BCUT2D eigenvalue weighted by atomic mass is 9.83. The minimum atomic E-state index is -0.753. The summed E-state index contributed by atoms with van der Waals surface area (Å²) in [6.07, 6.45) is 0. The van der Waals surface area contributed by atoms with Crippen LogP contribution in [0.25, 0.3) is 0 Å². The first kappa shape index (κ1) is 28.0. The van der Waals surface area contributed by atoms with Crippen LogP contribution in [0.5, 0.6) is 5.75 Å². The monoisotopic (exact) mass is 713 g/mol. The SMILES string of the molecule is COc1ccc(NC(=O)Cn2c3c(sc2=O)C(c2ccc(Br)cc2)C2C(=O)N(c4ccc(Br)cc4)C(=O)C2S3)cc1. The summed E-state index contributed by atoms with van der Waals surface area (Å²) in [5.41, 5.74) is 1.88. The highest BCUT2D eigenvalue weighted by molar-refractivity contribution is 9.10. The van der Waals surface area contributed by atoms with E-state index >= 15 is 0 Å². The van der Waals surface area contributed by atoms with Crippen LogP contribution in [-0.4, -0.2) is 34.6 Å². The second kappa shape index (κ2) is 11.2. The number of rotatable bonds is 6. The predicted molar refractivity (Wildman–Crippen MR) is 166 cm³/mol. The maximum atomic E-state index is 13.9. The third kappa shape index (κ3) is 5.18. The average molecular weight is 715 g/mol. The topological polar surface area (TPSA) is 97.7 Å². The van der Waals surface area contributed by atoms with Crippen molar-refractivity contribution in [3.8, 4) is 5.75 Å². The number of thiazole rings is 1. The first-order chi connectivity index (χ1) is 19.7. The number of thioether (sulfide) groups is 1. The summed E-state index contributed by atoms with van der Waals surface area (Å²) < 4.78 is 8.27. The second-order valence-electron chi connectivity index (χ2n) is 9.48. The van der Waals surface area contributed by atoms with Crippen LogP contribution in [0.15, 0.2) is 91.6 Å². The van der Waals surface area contributed by atoms with Crippen molar-refractivity contribution in [3.63, 3.8) is 0 Å². The van der Waals surface area contributed by atoms with Crippen LogP contribution in [-0.2, 0) is 20.9 Å². The molecular formula is C29H21Br2N3O5S2. The Kier molecular flexibility index (Phi) is 7.66. The van der Waals surface area contributed by atoms with Crippen LogP contribution >= 0.6 is 55.0 Å². The average Bonchev–Trinajstić information content (AvgIpc) is 3.40. The number of carbonyl (C=O) groups excluding carboxylic acids is 3. The lowest BCUT2D eigenvalue weighted by Crippen LogP contribution is -2.33. The molecule has 3 aromatic carbocycles. The maximum absolute atomic E-state index is 13.9. The lowest BCUT2D eigenvalue weighted by molar-refractivity contribution is -0.122. The number of hydrogen-bond acceptors (Lipinski definition) is 7. The first-order valence-electron chi connectivity index (χ1n) is 12.5. The Hall–Kier alpha value is -3.19. The van der Waals surface area contributed by atoms with Gasteiger partial charge in [-0.25, -0.2) is 4.90 Å². The minimum Gasteiger partial charge on any atom is -0.497 e. The summed E-state index contributed by atoms with van der Waals surface area (Å²) in [5.74, 6) is -1.60. The number of nitrogens with zero attached hydrogens (tertiary/aromatic N) is 2. The van der Waals surface area contributed by atoms with Crippen LogP contribution in [0.4, 0.5) is 11.4 Å². The molecule has 12 heteroatoms. The molecule has 1 N–H and O–H groups in total. The number of nitrogens with one attached hydrogen (secondary N) is 1.